The molecule has 1 N–H and O–H groups in total. The number of aromatic nitrogens is 6. The van der Waals surface area contributed by atoms with Crippen LogP contribution in [0, 0.1) is 0 Å². The molecule has 4 aromatic heterocycles. The Morgan fingerprint density at radius 3 is 2.79 bits per heavy atom. The van der Waals surface area contributed by atoms with E-state index in [0.29, 0.717) is 13.2 Å². The molecule has 29 heavy (non-hydrogen) atoms. The number of hydrogen-bond donors (Lipinski definition) is 1. The number of ether oxygens (including phenoxy) is 1. The first kappa shape index (κ1) is 19.1. The van der Waals surface area contributed by atoms with Crippen molar-refractivity contribution in [1.29, 1.82) is 0 Å². The van der Waals surface area contributed by atoms with Gasteiger partial charge in [-0.3, -0.25) is 14.8 Å². The number of aromatic amines is 1. The van der Waals surface area contributed by atoms with E-state index in [0.717, 1.165) is 45.9 Å². The van der Waals surface area contributed by atoms with Crippen molar-refractivity contribution in [3.05, 3.63) is 42.9 Å². The van der Waals surface area contributed by atoms with Crippen LogP contribution in [0.4, 0.5) is 5.82 Å². The van der Waals surface area contributed by atoms with Crippen LogP contribution >= 0.6 is 0 Å². The average Bonchev–Trinajstić information content (AvgIpc) is 3.39. The molecule has 0 amide bonds. The molecule has 0 radical (unpaired) electrons. The summed E-state index contributed by atoms with van der Waals surface area (Å²) >= 11 is 0. The SMILES string of the molecule is C.C[C@@H]1COCCN1c1cc(-c2ccnn2C)c2ccnc(-c3ccn[nH]3)c2n1. The standard InChI is InChI=1S/C20H21N7O.CH4/c1-13-12-28-10-9-27(13)18-11-15(17-5-8-23-26(17)2)14-3-6-21-20(19(14)24-18)16-4-7-22-25-16;/h3-8,11,13H,9-10,12H2,1-2H3,(H,22,25);1H4/t13-;/m1./s1. The van der Waals surface area contributed by atoms with Gasteiger partial charge in [0.05, 0.1) is 30.6 Å². The molecule has 1 atom stereocenters. The zero-order valence-corrected chi connectivity index (χ0v) is 15.8. The molecule has 0 unspecified atom stereocenters. The molecule has 0 saturated carbocycles. The minimum Gasteiger partial charge on any atom is -0.377 e. The minimum absolute atomic E-state index is 0. The molecule has 0 bridgehead atoms. The van der Waals surface area contributed by atoms with Gasteiger partial charge in [-0.05, 0) is 31.2 Å². The first-order chi connectivity index (χ1) is 13.7. The van der Waals surface area contributed by atoms with Crippen molar-refractivity contribution in [2.24, 2.45) is 7.05 Å². The molecule has 8 nitrogen and oxygen atoms in total. The highest BCUT2D eigenvalue weighted by atomic mass is 16.5. The Hall–Kier alpha value is -3.26. The van der Waals surface area contributed by atoms with Crippen LogP contribution in [0.25, 0.3) is 33.5 Å². The van der Waals surface area contributed by atoms with Gasteiger partial charge in [0.25, 0.3) is 0 Å². The van der Waals surface area contributed by atoms with E-state index in [1.807, 2.05) is 42.3 Å². The summed E-state index contributed by atoms with van der Waals surface area (Å²) in [4.78, 5) is 11.9. The lowest BCUT2D eigenvalue weighted by Gasteiger charge is -2.34. The van der Waals surface area contributed by atoms with E-state index in [1.165, 1.54) is 0 Å². The molecule has 5 heterocycles. The first-order valence-corrected chi connectivity index (χ1v) is 9.34. The number of anilines is 1. The molecule has 0 aliphatic carbocycles. The number of H-pyrrole nitrogens is 1. The quantitative estimate of drug-likeness (QED) is 0.577. The van der Waals surface area contributed by atoms with Gasteiger partial charge >= 0.3 is 0 Å². The largest absolute Gasteiger partial charge is 0.377 e. The molecule has 1 aliphatic heterocycles. The second-order valence-electron chi connectivity index (χ2n) is 7.01. The molecule has 0 aromatic carbocycles. The highest BCUT2D eigenvalue weighted by molar-refractivity contribution is 6.01. The Balaban J connectivity index is 0.00000205. The lowest BCUT2D eigenvalue weighted by atomic mass is 10.0. The summed E-state index contributed by atoms with van der Waals surface area (Å²) < 4.78 is 7.50. The summed E-state index contributed by atoms with van der Waals surface area (Å²) in [6.45, 7) is 4.37. The topological polar surface area (TPSA) is 84.8 Å². The normalized spacial score (nSPS) is 16.8. The molecule has 4 aromatic rings. The van der Waals surface area contributed by atoms with Crippen LogP contribution in [-0.4, -0.2) is 55.7 Å². The third-order valence-corrected chi connectivity index (χ3v) is 5.23. The fourth-order valence-corrected chi connectivity index (χ4v) is 3.79. The fraction of sp³-hybridized carbons (Fsp3) is 0.333. The van der Waals surface area contributed by atoms with Crippen LogP contribution in [0.1, 0.15) is 14.4 Å². The lowest BCUT2D eigenvalue weighted by molar-refractivity contribution is 0.0986. The van der Waals surface area contributed by atoms with Gasteiger partial charge in [-0.25, -0.2) is 4.98 Å². The summed E-state index contributed by atoms with van der Waals surface area (Å²) in [5, 5.41) is 12.5. The van der Waals surface area contributed by atoms with Crippen molar-refractivity contribution >= 4 is 16.7 Å². The Morgan fingerprint density at radius 1 is 1.17 bits per heavy atom. The van der Waals surface area contributed by atoms with Crippen molar-refractivity contribution in [2.75, 3.05) is 24.7 Å². The molecule has 8 heteroatoms. The molecule has 150 valence electrons. The summed E-state index contributed by atoms with van der Waals surface area (Å²) in [7, 11) is 1.95. The maximum atomic E-state index is 5.62. The number of fused-ring (bicyclic) bond motifs is 1. The molecule has 0 spiro atoms. The van der Waals surface area contributed by atoms with Crippen LogP contribution in [0.5, 0.6) is 0 Å². The smallest absolute Gasteiger partial charge is 0.130 e. The molecular weight excluding hydrogens is 366 g/mol. The maximum absolute atomic E-state index is 5.62. The Kier molecular flexibility index (Phi) is 5.02. The van der Waals surface area contributed by atoms with Gasteiger partial charge in [0.15, 0.2) is 0 Å². The van der Waals surface area contributed by atoms with E-state index in [4.69, 9.17) is 9.72 Å². The minimum atomic E-state index is 0. The zero-order chi connectivity index (χ0) is 19.1. The predicted octanol–water partition coefficient (Wildman–Crippen LogP) is 3.28. The van der Waals surface area contributed by atoms with Crippen LogP contribution in [0.15, 0.2) is 42.9 Å². The number of aryl methyl sites for hydroxylation is 1. The lowest BCUT2D eigenvalue weighted by Crippen LogP contribution is -2.44. The first-order valence-electron chi connectivity index (χ1n) is 9.34. The highest BCUT2D eigenvalue weighted by Crippen LogP contribution is 2.35. The van der Waals surface area contributed by atoms with Crippen LogP contribution in [0.2, 0.25) is 0 Å². The number of nitrogens with one attached hydrogen (secondary N) is 1. The predicted molar refractivity (Wildman–Crippen MR) is 114 cm³/mol. The zero-order valence-electron chi connectivity index (χ0n) is 15.8. The molecule has 1 saturated heterocycles. The third kappa shape index (κ3) is 3.25. The van der Waals surface area contributed by atoms with Gasteiger partial charge in [-0.2, -0.15) is 10.2 Å². The van der Waals surface area contributed by atoms with Gasteiger partial charge in [-0.1, -0.05) is 7.43 Å². The van der Waals surface area contributed by atoms with E-state index < -0.39 is 0 Å². The van der Waals surface area contributed by atoms with E-state index in [2.05, 4.69) is 38.2 Å². The second-order valence-corrected chi connectivity index (χ2v) is 7.01. The van der Waals surface area contributed by atoms with E-state index in [9.17, 15) is 0 Å². The summed E-state index contributed by atoms with van der Waals surface area (Å²) in [6.07, 6.45) is 5.36. The van der Waals surface area contributed by atoms with Gasteiger partial charge in [0.1, 0.15) is 17.0 Å². The van der Waals surface area contributed by atoms with Gasteiger partial charge in [0, 0.05) is 43.1 Å². The van der Waals surface area contributed by atoms with Crippen molar-refractivity contribution in [3.8, 4) is 22.6 Å². The number of nitrogens with zero attached hydrogens (tertiary/aromatic N) is 6. The Bertz CT molecular complexity index is 1120. The van der Waals surface area contributed by atoms with Crippen molar-refractivity contribution < 1.29 is 4.74 Å². The number of rotatable bonds is 3. The summed E-state index contributed by atoms with van der Waals surface area (Å²) in [5.41, 5.74) is 4.61. The van der Waals surface area contributed by atoms with Crippen LogP contribution < -0.4 is 4.90 Å². The van der Waals surface area contributed by atoms with Crippen molar-refractivity contribution in [2.45, 2.75) is 20.4 Å². The van der Waals surface area contributed by atoms with Gasteiger partial charge < -0.3 is 9.64 Å². The van der Waals surface area contributed by atoms with Gasteiger partial charge in [0.2, 0.25) is 0 Å². The van der Waals surface area contributed by atoms with Crippen LogP contribution in [0.3, 0.4) is 0 Å². The molecular formula is C21H25N7O. The molecule has 1 fully saturated rings. The Morgan fingerprint density at radius 2 is 2.07 bits per heavy atom. The fourth-order valence-electron chi connectivity index (χ4n) is 3.79. The summed E-state index contributed by atoms with van der Waals surface area (Å²) in [5.74, 6) is 0.924. The third-order valence-electron chi connectivity index (χ3n) is 5.23. The molecule has 5 rings (SSSR count). The van der Waals surface area contributed by atoms with Gasteiger partial charge in [-0.15, -0.1) is 0 Å². The van der Waals surface area contributed by atoms with E-state index in [-0.39, 0.29) is 13.5 Å². The maximum Gasteiger partial charge on any atom is 0.130 e. The van der Waals surface area contributed by atoms with Crippen molar-refractivity contribution in [1.82, 2.24) is 29.9 Å². The number of morpholine rings is 1. The number of pyridine rings is 2. The Labute approximate surface area is 169 Å². The highest BCUT2D eigenvalue weighted by Gasteiger charge is 2.23. The number of hydrogen-bond acceptors (Lipinski definition) is 6. The molecule has 1 aliphatic rings. The van der Waals surface area contributed by atoms with E-state index in [1.54, 1.807) is 6.20 Å². The van der Waals surface area contributed by atoms with Crippen LogP contribution in [-0.2, 0) is 11.8 Å². The monoisotopic (exact) mass is 391 g/mol. The summed E-state index contributed by atoms with van der Waals surface area (Å²) in [6, 6.07) is 8.36. The van der Waals surface area contributed by atoms with E-state index >= 15 is 0 Å². The second kappa shape index (κ2) is 7.63. The van der Waals surface area contributed by atoms with Crippen molar-refractivity contribution in [3.63, 3.8) is 0 Å². The average molecular weight is 391 g/mol.